The Morgan fingerprint density at radius 3 is 2.90 bits per heavy atom. The molecule has 0 aliphatic heterocycles. The summed E-state index contributed by atoms with van der Waals surface area (Å²) >= 11 is 5.89. The lowest BCUT2D eigenvalue weighted by molar-refractivity contribution is -0.120. The van der Waals surface area contributed by atoms with E-state index in [4.69, 9.17) is 11.6 Å². The van der Waals surface area contributed by atoms with E-state index in [1.807, 2.05) is 13.0 Å². The van der Waals surface area contributed by atoms with Crippen molar-refractivity contribution in [3.8, 4) is 6.07 Å². The molecule has 3 rings (SSSR count). The zero-order valence-corrected chi connectivity index (χ0v) is 12.0. The summed E-state index contributed by atoms with van der Waals surface area (Å²) in [7, 11) is 0. The minimum atomic E-state index is -1.03. The van der Waals surface area contributed by atoms with Gasteiger partial charge < -0.3 is 4.98 Å². The van der Waals surface area contributed by atoms with Crippen LogP contribution < -0.4 is 5.56 Å². The van der Waals surface area contributed by atoms with E-state index in [1.165, 1.54) is 0 Å². The van der Waals surface area contributed by atoms with Crippen molar-refractivity contribution in [1.82, 2.24) is 9.97 Å². The smallest absolute Gasteiger partial charge is 0.258 e. The van der Waals surface area contributed by atoms with Gasteiger partial charge in [0.05, 0.1) is 17.0 Å². The third kappa shape index (κ3) is 2.43. The largest absolute Gasteiger partial charge is 0.308 e. The molecule has 1 aromatic heterocycles. The van der Waals surface area contributed by atoms with Crippen molar-refractivity contribution < 1.29 is 4.79 Å². The van der Waals surface area contributed by atoms with Crippen molar-refractivity contribution in [2.24, 2.45) is 11.8 Å². The summed E-state index contributed by atoms with van der Waals surface area (Å²) in [5.41, 5.74) is 0.0155. The van der Waals surface area contributed by atoms with Crippen LogP contribution >= 0.6 is 11.6 Å². The number of nitriles is 1. The van der Waals surface area contributed by atoms with Gasteiger partial charge in [0.2, 0.25) is 0 Å². The van der Waals surface area contributed by atoms with E-state index in [0.717, 1.165) is 6.42 Å². The molecule has 21 heavy (non-hydrogen) atoms. The molecule has 3 atom stereocenters. The molecule has 0 unspecified atom stereocenters. The number of fused-ring (bicyclic) bond motifs is 1. The van der Waals surface area contributed by atoms with Crippen LogP contribution in [0.5, 0.6) is 0 Å². The highest BCUT2D eigenvalue weighted by molar-refractivity contribution is 6.31. The van der Waals surface area contributed by atoms with Crippen LogP contribution in [0.2, 0.25) is 5.02 Å². The summed E-state index contributed by atoms with van der Waals surface area (Å²) in [6, 6.07) is 6.67. The van der Waals surface area contributed by atoms with Gasteiger partial charge >= 0.3 is 0 Å². The monoisotopic (exact) mass is 301 g/mol. The normalized spacial score (nSPS) is 21.8. The summed E-state index contributed by atoms with van der Waals surface area (Å²) in [5.74, 6) is -0.906. The molecule has 2 aromatic rings. The van der Waals surface area contributed by atoms with Crippen LogP contribution in [0.25, 0.3) is 10.9 Å². The Morgan fingerprint density at radius 2 is 2.29 bits per heavy atom. The first kappa shape index (κ1) is 13.8. The topological polar surface area (TPSA) is 86.6 Å². The van der Waals surface area contributed by atoms with Gasteiger partial charge in [-0.1, -0.05) is 18.5 Å². The molecule has 1 fully saturated rings. The number of benzene rings is 1. The second-order valence-electron chi connectivity index (χ2n) is 5.40. The summed E-state index contributed by atoms with van der Waals surface area (Å²) < 4.78 is 0. The molecule has 5 nitrogen and oxygen atoms in total. The molecule has 0 saturated heterocycles. The lowest BCUT2D eigenvalue weighted by atomic mass is 10.00. The quantitative estimate of drug-likeness (QED) is 0.943. The van der Waals surface area contributed by atoms with Crippen molar-refractivity contribution in [3.63, 3.8) is 0 Å². The van der Waals surface area contributed by atoms with E-state index in [9.17, 15) is 14.9 Å². The van der Waals surface area contributed by atoms with Crippen molar-refractivity contribution >= 4 is 28.3 Å². The number of carbonyl (C=O) groups is 1. The third-order valence-corrected chi connectivity index (χ3v) is 4.08. The van der Waals surface area contributed by atoms with E-state index >= 15 is 0 Å². The second kappa shape index (κ2) is 4.97. The first-order chi connectivity index (χ1) is 10.0. The Labute approximate surface area is 125 Å². The van der Waals surface area contributed by atoms with Gasteiger partial charge in [0, 0.05) is 10.9 Å². The van der Waals surface area contributed by atoms with Gasteiger partial charge in [0.15, 0.2) is 11.7 Å². The van der Waals surface area contributed by atoms with Gasteiger partial charge in [-0.2, -0.15) is 5.26 Å². The molecule has 6 heteroatoms. The molecular formula is C15H12ClN3O2. The molecule has 1 saturated carbocycles. The number of carbonyl (C=O) groups excluding carboxylic acids is 1. The second-order valence-corrected chi connectivity index (χ2v) is 5.83. The summed E-state index contributed by atoms with van der Waals surface area (Å²) in [5, 5.41) is 10.1. The fourth-order valence-corrected chi connectivity index (χ4v) is 2.63. The van der Waals surface area contributed by atoms with E-state index < -0.39 is 5.92 Å². The molecule has 1 aliphatic carbocycles. The first-order valence-corrected chi connectivity index (χ1v) is 7.02. The highest BCUT2D eigenvalue weighted by Crippen LogP contribution is 2.41. The van der Waals surface area contributed by atoms with Gasteiger partial charge in [0.25, 0.3) is 5.56 Å². The van der Waals surface area contributed by atoms with Gasteiger partial charge in [0.1, 0.15) is 5.82 Å². The van der Waals surface area contributed by atoms with Crippen molar-refractivity contribution in [1.29, 1.82) is 5.26 Å². The number of hydrogen-bond donors (Lipinski definition) is 1. The van der Waals surface area contributed by atoms with Gasteiger partial charge in [-0.25, -0.2) is 4.98 Å². The number of aromatic nitrogens is 2. The van der Waals surface area contributed by atoms with E-state index in [0.29, 0.717) is 21.8 Å². The highest BCUT2D eigenvalue weighted by Gasteiger charge is 2.43. The summed E-state index contributed by atoms with van der Waals surface area (Å²) in [4.78, 5) is 31.1. The predicted molar refractivity (Wildman–Crippen MR) is 78.0 cm³/mol. The fourth-order valence-electron chi connectivity index (χ4n) is 2.46. The van der Waals surface area contributed by atoms with Crippen LogP contribution in [0.1, 0.15) is 25.1 Å². The number of Topliss-reactive ketones (excluding diaryl/α,β-unsaturated/α-hetero) is 1. The van der Waals surface area contributed by atoms with Gasteiger partial charge in [-0.3, -0.25) is 9.59 Å². The highest BCUT2D eigenvalue weighted by atomic mass is 35.5. The maximum Gasteiger partial charge on any atom is 0.258 e. The van der Waals surface area contributed by atoms with Crippen molar-refractivity contribution in [2.75, 3.05) is 0 Å². The third-order valence-electron chi connectivity index (χ3n) is 3.85. The molecule has 106 valence electrons. The number of hydrogen-bond acceptors (Lipinski definition) is 4. The Bertz CT molecular complexity index is 837. The van der Waals surface area contributed by atoms with Gasteiger partial charge in [-0.05, 0) is 30.5 Å². The number of nitrogens with zero attached hydrogens (tertiary/aromatic N) is 2. The maximum absolute atomic E-state index is 12.3. The Morgan fingerprint density at radius 1 is 1.57 bits per heavy atom. The average molecular weight is 302 g/mol. The zero-order chi connectivity index (χ0) is 15.1. The van der Waals surface area contributed by atoms with Crippen LogP contribution in [0.4, 0.5) is 0 Å². The standard InChI is InChI=1S/C15H12ClN3O2/c1-7-4-10(7)13(20)11(6-17)14-18-12-5-8(16)2-3-9(12)15(21)19-14/h2-3,5,7,10-11H,4H2,1H3,(H,18,19,21)/t7-,10+,11+/m1/s1. The molecule has 0 spiro atoms. The lowest BCUT2D eigenvalue weighted by Crippen LogP contribution is -2.21. The van der Waals surface area contributed by atoms with Crippen LogP contribution in [-0.2, 0) is 4.79 Å². The number of halogens is 1. The van der Waals surface area contributed by atoms with E-state index in [-0.39, 0.29) is 23.1 Å². The average Bonchev–Trinajstić information content (AvgIpc) is 3.16. The molecule has 1 N–H and O–H groups in total. The molecular weight excluding hydrogens is 290 g/mol. The Balaban J connectivity index is 2.09. The number of ketones is 1. The van der Waals surface area contributed by atoms with Gasteiger partial charge in [-0.15, -0.1) is 0 Å². The number of H-pyrrole nitrogens is 1. The molecule has 0 radical (unpaired) electrons. The molecule has 1 aromatic carbocycles. The maximum atomic E-state index is 12.3. The summed E-state index contributed by atoms with van der Waals surface area (Å²) in [6.45, 7) is 1.97. The van der Waals surface area contributed by atoms with Crippen LogP contribution in [0, 0.1) is 23.2 Å². The fraction of sp³-hybridized carbons (Fsp3) is 0.333. The number of aromatic amines is 1. The first-order valence-electron chi connectivity index (χ1n) is 6.64. The minimum absolute atomic E-state index is 0.0985. The minimum Gasteiger partial charge on any atom is -0.308 e. The van der Waals surface area contributed by atoms with Crippen molar-refractivity contribution in [3.05, 3.63) is 39.4 Å². The number of rotatable bonds is 3. The Kier molecular flexibility index (Phi) is 3.26. The SMILES string of the molecule is C[C@@H]1C[C@@H]1C(=O)[C@H](C#N)c1nc2cc(Cl)ccc2c(=O)[nH]1. The zero-order valence-electron chi connectivity index (χ0n) is 11.3. The van der Waals surface area contributed by atoms with Crippen LogP contribution in [-0.4, -0.2) is 15.8 Å². The molecule has 0 amide bonds. The Hall–Kier alpha value is -2.19. The van der Waals surface area contributed by atoms with E-state index in [1.54, 1.807) is 18.2 Å². The molecule has 1 heterocycles. The van der Waals surface area contributed by atoms with Crippen LogP contribution in [0.3, 0.4) is 0 Å². The van der Waals surface area contributed by atoms with E-state index in [2.05, 4.69) is 9.97 Å². The molecule has 1 aliphatic rings. The number of nitrogens with one attached hydrogen (secondary N) is 1. The summed E-state index contributed by atoms with van der Waals surface area (Å²) in [6.07, 6.45) is 0.792. The molecule has 0 bridgehead atoms. The van der Waals surface area contributed by atoms with Crippen molar-refractivity contribution in [2.45, 2.75) is 19.3 Å². The lowest BCUT2D eigenvalue weighted by Gasteiger charge is -2.08. The predicted octanol–water partition coefficient (Wildman–Crippen LogP) is 2.41. The van der Waals surface area contributed by atoms with Crippen LogP contribution in [0.15, 0.2) is 23.0 Å².